The minimum Gasteiger partial charge on any atom is -0.319 e. The summed E-state index contributed by atoms with van der Waals surface area (Å²) in [7, 11) is 0. The van der Waals surface area contributed by atoms with Gasteiger partial charge in [-0.3, -0.25) is 4.79 Å². The van der Waals surface area contributed by atoms with Crippen LogP contribution in [-0.4, -0.2) is 25.7 Å². The molecule has 25 heavy (non-hydrogen) atoms. The molecule has 0 fully saturated rings. The van der Waals surface area contributed by atoms with Crippen LogP contribution in [0.3, 0.4) is 0 Å². The normalized spacial score (nSPS) is 10.8. The van der Waals surface area contributed by atoms with Crippen molar-refractivity contribution in [2.45, 2.75) is 20.8 Å². The minimum absolute atomic E-state index is 0.0353. The zero-order valence-electron chi connectivity index (χ0n) is 13.8. The maximum Gasteiger partial charge on any atom is 0.260 e. The molecule has 0 unspecified atom stereocenters. The van der Waals surface area contributed by atoms with Gasteiger partial charge in [0, 0.05) is 5.69 Å². The summed E-state index contributed by atoms with van der Waals surface area (Å²) in [6.07, 6.45) is 2.86. The van der Waals surface area contributed by atoms with Crippen molar-refractivity contribution >= 4 is 23.2 Å². The Morgan fingerprint density at radius 1 is 1.20 bits per heavy atom. The van der Waals surface area contributed by atoms with E-state index in [1.54, 1.807) is 4.68 Å². The van der Waals surface area contributed by atoms with Crippen LogP contribution in [-0.2, 0) is 0 Å². The molecule has 0 saturated heterocycles. The summed E-state index contributed by atoms with van der Waals surface area (Å²) in [6, 6.07) is 4.05. The Morgan fingerprint density at radius 3 is 2.44 bits per heavy atom. The Hall–Kier alpha value is -2.80. The van der Waals surface area contributed by atoms with E-state index in [1.807, 2.05) is 20.8 Å². The van der Waals surface area contributed by atoms with Crippen LogP contribution in [0.4, 0.5) is 10.1 Å². The first-order chi connectivity index (χ1) is 11.9. The van der Waals surface area contributed by atoms with Crippen LogP contribution in [0.1, 0.15) is 27.3 Å². The second-order valence-corrected chi connectivity index (χ2v) is 5.94. The summed E-state index contributed by atoms with van der Waals surface area (Å²) in [4.78, 5) is 20.6. The van der Waals surface area contributed by atoms with E-state index in [0.29, 0.717) is 11.6 Å². The highest BCUT2D eigenvalue weighted by Crippen LogP contribution is 2.20. The van der Waals surface area contributed by atoms with Gasteiger partial charge in [-0.05, 0) is 38.5 Å². The summed E-state index contributed by atoms with van der Waals surface area (Å²) in [5.74, 6) is -0.974. The van der Waals surface area contributed by atoms with Gasteiger partial charge in [-0.25, -0.2) is 19.0 Å². The van der Waals surface area contributed by atoms with E-state index < -0.39 is 11.7 Å². The number of hydrogen-bond donors (Lipinski definition) is 1. The molecule has 0 spiro atoms. The van der Waals surface area contributed by atoms with Crippen molar-refractivity contribution in [2.24, 2.45) is 0 Å². The molecule has 0 aliphatic carbocycles. The first-order valence-electron chi connectivity index (χ1n) is 7.49. The van der Waals surface area contributed by atoms with Crippen molar-refractivity contribution < 1.29 is 9.18 Å². The van der Waals surface area contributed by atoms with Crippen molar-refractivity contribution in [3.63, 3.8) is 0 Å². The highest BCUT2D eigenvalue weighted by molar-refractivity contribution is 6.34. The van der Waals surface area contributed by atoms with E-state index >= 15 is 0 Å². The zero-order chi connectivity index (χ0) is 18.1. The van der Waals surface area contributed by atoms with Gasteiger partial charge < -0.3 is 5.32 Å². The smallest absolute Gasteiger partial charge is 0.260 e. The molecule has 128 valence electrons. The number of aromatic nitrogens is 4. The quantitative estimate of drug-likeness (QED) is 0.775. The van der Waals surface area contributed by atoms with Gasteiger partial charge in [0.25, 0.3) is 11.9 Å². The standard InChI is InChI=1S/C17H15ClFN5O/c1-9-10(2)23-24(11(9)3)17-20-7-12(8-21-17)22-16(25)15-13(18)5-4-6-14(15)19/h4-8H,1-3H3,(H,22,25). The molecule has 2 aromatic heterocycles. The van der Waals surface area contributed by atoms with E-state index in [9.17, 15) is 9.18 Å². The average molecular weight is 360 g/mol. The summed E-state index contributed by atoms with van der Waals surface area (Å²) in [6.45, 7) is 5.81. The number of benzene rings is 1. The van der Waals surface area contributed by atoms with Gasteiger partial charge >= 0.3 is 0 Å². The number of nitrogens with one attached hydrogen (secondary N) is 1. The van der Waals surface area contributed by atoms with Crippen LogP contribution in [0.5, 0.6) is 0 Å². The highest BCUT2D eigenvalue weighted by atomic mass is 35.5. The zero-order valence-corrected chi connectivity index (χ0v) is 14.6. The summed E-state index contributed by atoms with van der Waals surface area (Å²) >= 11 is 5.89. The van der Waals surface area contributed by atoms with Gasteiger partial charge in [-0.1, -0.05) is 17.7 Å². The summed E-state index contributed by atoms with van der Waals surface area (Å²) < 4.78 is 15.4. The molecule has 2 heterocycles. The minimum atomic E-state index is -0.694. The molecule has 0 radical (unpaired) electrons. The number of hydrogen-bond acceptors (Lipinski definition) is 4. The third kappa shape index (κ3) is 3.23. The fourth-order valence-electron chi connectivity index (χ4n) is 2.32. The Kier molecular flexibility index (Phi) is 4.50. The molecule has 0 aliphatic heterocycles. The fraction of sp³-hybridized carbons (Fsp3) is 0.176. The van der Waals surface area contributed by atoms with E-state index in [2.05, 4.69) is 20.4 Å². The van der Waals surface area contributed by atoms with Gasteiger partial charge in [0.05, 0.1) is 34.4 Å². The molecular formula is C17H15ClFN5O. The van der Waals surface area contributed by atoms with E-state index in [0.717, 1.165) is 17.0 Å². The lowest BCUT2D eigenvalue weighted by Crippen LogP contribution is -2.15. The summed E-state index contributed by atoms with van der Waals surface area (Å²) in [5.41, 5.74) is 3.00. The SMILES string of the molecule is Cc1nn(-c2ncc(NC(=O)c3c(F)cccc3Cl)cn2)c(C)c1C. The number of rotatable bonds is 3. The Labute approximate surface area is 148 Å². The predicted octanol–water partition coefficient (Wildman–Crippen LogP) is 3.63. The van der Waals surface area contributed by atoms with E-state index in [4.69, 9.17) is 11.6 Å². The first-order valence-corrected chi connectivity index (χ1v) is 7.87. The second-order valence-electron chi connectivity index (χ2n) is 5.53. The molecule has 0 bridgehead atoms. The van der Waals surface area contributed by atoms with Crippen molar-refractivity contribution in [1.29, 1.82) is 0 Å². The van der Waals surface area contributed by atoms with Gasteiger partial charge in [-0.2, -0.15) is 5.10 Å². The van der Waals surface area contributed by atoms with E-state index in [-0.39, 0.29) is 10.6 Å². The van der Waals surface area contributed by atoms with Gasteiger partial charge in [0.1, 0.15) is 5.82 Å². The monoisotopic (exact) mass is 359 g/mol. The number of anilines is 1. The molecule has 1 amide bonds. The highest BCUT2D eigenvalue weighted by Gasteiger charge is 2.16. The Bertz CT molecular complexity index is 932. The molecule has 1 N–H and O–H groups in total. The Morgan fingerprint density at radius 2 is 1.88 bits per heavy atom. The molecule has 3 rings (SSSR count). The molecule has 0 atom stereocenters. The maximum absolute atomic E-state index is 13.8. The van der Waals surface area contributed by atoms with Crippen molar-refractivity contribution in [2.75, 3.05) is 5.32 Å². The summed E-state index contributed by atoms with van der Waals surface area (Å²) in [5, 5.41) is 6.95. The van der Waals surface area contributed by atoms with Crippen LogP contribution in [0.25, 0.3) is 5.95 Å². The topological polar surface area (TPSA) is 72.7 Å². The van der Waals surface area contributed by atoms with Crippen molar-refractivity contribution in [1.82, 2.24) is 19.7 Å². The lowest BCUT2D eigenvalue weighted by atomic mass is 10.2. The number of nitrogens with zero attached hydrogens (tertiary/aromatic N) is 4. The van der Waals surface area contributed by atoms with Gasteiger partial charge in [0.2, 0.25) is 0 Å². The molecular weight excluding hydrogens is 345 g/mol. The fourth-order valence-corrected chi connectivity index (χ4v) is 2.57. The van der Waals surface area contributed by atoms with Crippen LogP contribution < -0.4 is 5.32 Å². The molecule has 0 saturated carbocycles. The second kappa shape index (κ2) is 6.60. The van der Waals surface area contributed by atoms with Crippen molar-refractivity contribution in [3.05, 3.63) is 63.9 Å². The lowest BCUT2D eigenvalue weighted by Gasteiger charge is -2.08. The first kappa shape index (κ1) is 17.0. The lowest BCUT2D eigenvalue weighted by molar-refractivity contribution is 0.102. The van der Waals surface area contributed by atoms with E-state index in [1.165, 1.54) is 30.6 Å². The maximum atomic E-state index is 13.8. The number of carbonyl (C=O) groups is 1. The molecule has 1 aromatic carbocycles. The molecule has 6 nitrogen and oxygen atoms in total. The third-order valence-corrected chi connectivity index (χ3v) is 4.24. The van der Waals surface area contributed by atoms with Crippen molar-refractivity contribution in [3.8, 4) is 5.95 Å². The number of amides is 1. The van der Waals surface area contributed by atoms with Crippen LogP contribution in [0, 0.1) is 26.6 Å². The van der Waals surface area contributed by atoms with Crippen LogP contribution in [0.2, 0.25) is 5.02 Å². The number of aryl methyl sites for hydroxylation is 1. The van der Waals surface area contributed by atoms with Crippen LogP contribution in [0.15, 0.2) is 30.6 Å². The number of halogens is 2. The molecule has 8 heteroatoms. The predicted molar refractivity (Wildman–Crippen MR) is 92.7 cm³/mol. The largest absolute Gasteiger partial charge is 0.319 e. The molecule has 3 aromatic rings. The van der Waals surface area contributed by atoms with Gasteiger partial charge in [-0.15, -0.1) is 0 Å². The number of carbonyl (C=O) groups excluding carboxylic acids is 1. The molecule has 0 aliphatic rings. The third-order valence-electron chi connectivity index (χ3n) is 3.93. The van der Waals surface area contributed by atoms with Crippen LogP contribution >= 0.6 is 11.6 Å². The average Bonchev–Trinajstić information content (AvgIpc) is 2.83. The van der Waals surface area contributed by atoms with Gasteiger partial charge in [0.15, 0.2) is 0 Å². The Balaban J connectivity index is 1.83.